The van der Waals surface area contributed by atoms with Crippen LogP contribution in [0.25, 0.3) is 0 Å². The molecule has 0 radical (unpaired) electrons. The van der Waals surface area contributed by atoms with E-state index in [-0.39, 0.29) is 0 Å². The summed E-state index contributed by atoms with van der Waals surface area (Å²) in [5, 5.41) is 6.75. The van der Waals surface area contributed by atoms with Gasteiger partial charge in [0.25, 0.3) is 0 Å². The summed E-state index contributed by atoms with van der Waals surface area (Å²) in [4.78, 5) is 20.3. The first-order valence-corrected chi connectivity index (χ1v) is 7.65. The van der Waals surface area contributed by atoms with Crippen LogP contribution in [-0.4, -0.2) is 29.6 Å². The second kappa shape index (κ2) is 7.78. The number of nitrogens with zero attached hydrogens (tertiary/aromatic N) is 2. The highest BCUT2D eigenvalue weighted by atomic mass is 35.5. The molecule has 0 unspecified atom stereocenters. The fraction of sp³-hybridized carbons (Fsp3) is 0.312. The molecule has 0 saturated carbocycles. The Morgan fingerprint density at radius 1 is 1.30 bits per heavy atom. The fourth-order valence-corrected chi connectivity index (χ4v) is 2.12. The molecular formula is C16H19ClN4O2. The van der Waals surface area contributed by atoms with Gasteiger partial charge in [-0.1, -0.05) is 18.5 Å². The molecule has 122 valence electrons. The molecule has 0 spiro atoms. The lowest BCUT2D eigenvalue weighted by Gasteiger charge is -2.11. The first-order valence-electron chi connectivity index (χ1n) is 7.28. The lowest BCUT2D eigenvalue weighted by atomic mass is 10.2. The first kappa shape index (κ1) is 17.0. The van der Waals surface area contributed by atoms with Gasteiger partial charge in [0, 0.05) is 18.3 Å². The van der Waals surface area contributed by atoms with Crippen LogP contribution < -0.4 is 10.6 Å². The number of benzene rings is 1. The molecule has 0 aliphatic rings. The van der Waals surface area contributed by atoms with E-state index in [1.807, 2.05) is 6.92 Å². The zero-order chi connectivity index (χ0) is 16.8. The Bertz CT molecular complexity index is 706. The van der Waals surface area contributed by atoms with Crippen LogP contribution in [0.4, 0.5) is 17.5 Å². The quantitative estimate of drug-likeness (QED) is 0.783. The molecule has 0 saturated heterocycles. The van der Waals surface area contributed by atoms with Gasteiger partial charge in [0.15, 0.2) is 0 Å². The Balaban J connectivity index is 2.27. The minimum absolute atomic E-state index is 0.412. The van der Waals surface area contributed by atoms with Crippen LogP contribution >= 0.6 is 11.6 Å². The normalized spacial score (nSPS) is 10.3. The maximum atomic E-state index is 11.6. The molecule has 0 bridgehead atoms. The third-order valence-electron chi connectivity index (χ3n) is 3.04. The van der Waals surface area contributed by atoms with Gasteiger partial charge in [0.05, 0.1) is 23.4 Å². The van der Waals surface area contributed by atoms with Gasteiger partial charge in [-0.3, -0.25) is 0 Å². The van der Waals surface area contributed by atoms with Gasteiger partial charge in [-0.25, -0.2) is 9.78 Å². The van der Waals surface area contributed by atoms with E-state index in [0.29, 0.717) is 28.0 Å². The summed E-state index contributed by atoms with van der Waals surface area (Å²) in [5.74, 6) is 0.725. The molecule has 0 atom stereocenters. The van der Waals surface area contributed by atoms with Crippen LogP contribution in [-0.2, 0) is 4.74 Å². The predicted octanol–water partition coefficient (Wildman–Crippen LogP) is 3.79. The van der Waals surface area contributed by atoms with Crippen LogP contribution in [0.5, 0.6) is 0 Å². The van der Waals surface area contributed by atoms with Crippen molar-refractivity contribution in [1.29, 1.82) is 0 Å². The van der Waals surface area contributed by atoms with E-state index in [1.54, 1.807) is 24.3 Å². The van der Waals surface area contributed by atoms with Crippen molar-refractivity contribution in [2.75, 3.05) is 24.3 Å². The summed E-state index contributed by atoms with van der Waals surface area (Å²) in [5.41, 5.74) is 1.81. The summed E-state index contributed by atoms with van der Waals surface area (Å²) < 4.78 is 4.72. The number of ether oxygens (including phenoxy) is 1. The summed E-state index contributed by atoms with van der Waals surface area (Å²) in [7, 11) is 1.34. The molecule has 2 N–H and O–H groups in total. The predicted molar refractivity (Wildman–Crippen MR) is 91.6 cm³/mol. The Kier molecular flexibility index (Phi) is 5.76. The largest absolute Gasteiger partial charge is 0.465 e. The second-order valence-corrected chi connectivity index (χ2v) is 5.36. The number of hydrogen-bond acceptors (Lipinski definition) is 6. The highest BCUT2D eigenvalue weighted by Gasteiger charge is 2.10. The number of methoxy groups -OCH3 is 1. The Morgan fingerprint density at radius 2 is 2.09 bits per heavy atom. The molecule has 0 amide bonds. The molecule has 1 aromatic heterocycles. The molecule has 1 aromatic carbocycles. The highest BCUT2D eigenvalue weighted by molar-refractivity contribution is 6.33. The molecular weight excluding hydrogens is 316 g/mol. The van der Waals surface area contributed by atoms with Gasteiger partial charge < -0.3 is 15.4 Å². The van der Waals surface area contributed by atoms with Crippen molar-refractivity contribution in [2.45, 2.75) is 20.3 Å². The first-order chi connectivity index (χ1) is 11.0. The highest BCUT2D eigenvalue weighted by Crippen LogP contribution is 2.26. The Morgan fingerprint density at radius 3 is 2.78 bits per heavy atom. The Hall–Kier alpha value is -2.34. The van der Waals surface area contributed by atoms with Crippen LogP contribution in [0.3, 0.4) is 0 Å². The zero-order valence-electron chi connectivity index (χ0n) is 13.3. The van der Waals surface area contributed by atoms with Crippen molar-refractivity contribution >= 4 is 35.0 Å². The summed E-state index contributed by atoms with van der Waals surface area (Å²) in [6.07, 6.45) is 0.979. The van der Waals surface area contributed by atoms with E-state index in [2.05, 4.69) is 27.5 Å². The summed E-state index contributed by atoms with van der Waals surface area (Å²) in [6, 6.07) is 6.68. The van der Waals surface area contributed by atoms with Crippen LogP contribution in [0.2, 0.25) is 5.02 Å². The van der Waals surface area contributed by atoms with Gasteiger partial charge in [0.2, 0.25) is 5.95 Å². The maximum absolute atomic E-state index is 11.6. The van der Waals surface area contributed by atoms with Gasteiger partial charge in [-0.2, -0.15) is 4.98 Å². The van der Waals surface area contributed by atoms with E-state index in [9.17, 15) is 4.79 Å². The van der Waals surface area contributed by atoms with Gasteiger partial charge in [-0.15, -0.1) is 0 Å². The van der Waals surface area contributed by atoms with Crippen molar-refractivity contribution in [3.63, 3.8) is 0 Å². The van der Waals surface area contributed by atoms with Gasteiger partial charge in [-0.05, 0) is 31.5 Å². The number of anilines is 3. The van der Waals surface area contributed by atoms with Gasteiger partial charge in [0.1, 0.15) is 5.82 Å². The summed E-state index contributed by atoms with van der Waals surface area (Å²) >= 11 is 6.18. The van der Waals surface area contributed by atoms with Crippen molar-refractivity contribution in [1.82, 2.24) is 9.97 Å². The number of halogens is 1. The van der Waals surface area contributed by atoms with Crippen LogP contribution in [0.1, 0.15) is 29.4 Å². The van der Waals surface area contributed by atoms with Crippen molar-refractivity contribution in [3.05, 3.63) is 40.5 Å². The minimum Gasteiger partial charge on any atom is -0.465 e. The van der Waals surface area contributed by atoms with E-state index < -0.39 is 5.97 Å². The van der Waals surface area contributed by atoms with Crippen LogP contribution in [0.15, 0.2) is 24.3 Å². The lowest BCUT2D eigenvalue weighted by Crippen LogP contribution is -2.07. The average molecular weight is 335 g/mol. The molecule has 0 aliphatic heterocycles. The van der Waals surface area contributed by atoms with Crippen molar-refractivity contribution in [2.24, 2.45) is 0 Å². The molecule has 2 rings (SSSR count). The molecule has 7 heteroatoms. The summed E-state index contributed by atoms with van der Waals surface area (Å²) in [6.45, 7) is 4.75. The van der Waals surface area contributed by atoms with E-state index in [1.165, 1.54) is 7.11 Å². The zero-order valence-corrected chi connectivity index (χ0v) is 14.1. The van der Waals surface area contributed by atoms with E-state index >= 15 is 0 Å². The number of carbonyl (C=O) groups excluding carboxylic acids is 1. The number of rotatable bonds is 6. The number of aryl methyl sites for hydroxylation is 1. The second-order valence-electron chi connectivity index (χ2n) is 4.96. The van der Waals surface area contributed by atoms with Crippen molar-refractivity contribution < 1.29 is 9.53 Å². The minimum atomic E-state index is -0.422. The molecule has 0 fully saturated rings. The topological polar surface area (TPSA) is 76.1 Å². The maximum Gasteiger partial charge on any atom is 0.337 e. The molecule has 6 nitrogen and oxygen atoms in total. The molecule has 2 aromatic rings. The molecule has 23 heavy (non-hydrogen) atoms. The fourth-order valence-electron chi connectivity index (χ4n) is 1.95. The third kappa shape index (κ3) is 4.56. The average Bonchev–Trinajstić information content (AvgIpc) is 2.53. The number of hydrogen-bond donors (Lipinski definition) is 2. The number of aromatic nitrogens is 2. The number of nitrogens with one attached hydrogen (secondary N) is 2. The third-order valence-corrected chi connectivity index (χ3v) is 3.37. The molecule has 0 aliphatic carbocycles. The van der Waals surface area contributed by atoms with E-state index in [0.717, 1.165) is 18.7 Å². The standard InChI is InChI=1S/C16H19ClN4O2/c1-4-7-18-16-19-10(2)8-14(21-16)20-13-9-11(15(22)23-3)5-6-12(13)17/h5-6,8-9H,4,7H2,1-3H3,(H2,18,19,20,21). The Labute approximate surface area is 140 Å². The van der Waals surface area contributed by atoms with Crippen LogP contribution in [0, 0.1) is 6.92 Å². The smallest absolute Gasteiger partial charge is 0.337 e. The monoisotopic (exact) mass is 334 g/mol. The van der Waals surface area contributed by atoms with Crippen molar-refractivity contribution in [3.8, 4) is 0 Å². The SMILES string of the molecule is CCCNc1nc(C)cc(Nc2cc(C(=O)OC)ccc2Cl)n1. The lowest BCUT2D eigenvalue weighted by molar-refractivity contribution is 0.0601. The van der Waals surface area contributed by atoms with Gasteiger partial charge >= 0.3 is 5.97 Å². The molecule has 1 heterocycles. The number of carbonyl (C=O) groups is 1. The number of esters is 1. The van der Waals surface area contributed by atoms with E-state index in [4.69, 9.17) is 16.3 Å².